The van der Waals surface area contributed by atoms with E-state index in [2.05, 4.69) is 59.8 Å². The van der Waals surface area contributed by atoms with Gasteiger partial charge in [-0.25, -0.2) is 0 Å². The van der Waals surface area contributed by atoms with Crippen LogP contribution in [0.4, 0.5) is 5.82 Å². The second-order valence-corrected chi connectivity index (χ2v) is 7.49. The van der Waals surface area contributed by atoms with E-state index in [1.165, 1.54) is 16.8 Å². The topological polar surface area (TPSA) is 50.2 Å². The molecular weight excluding hydrogens is 336 g/mol. The Morgan fingerprint density at radius 2 is 2.19 bits per heavy atom. The van der Waals surface area contributed by atoms with Crippen LogP contribution >= 0.6 is 0 Å². The largest absolute Gasteiger partial charge is 0.339 e. The molecule has 1 amide bonds. The molecule has 27 heavy (non-hydrogen) atoms. The summed E-state index contributed by atoms with van der Waals surface area (Å²) in [5.74, 6) is 1.40. The van der Waals surface area contributed by atoms with Crippen molar-refractivity contribution < 1.29 is 4.79 Å². The summed E-state index contributed by atoms with van der Waals surface area (Å²) in [7, 11) is 1.98. The predicted octanol–water partition coefficient (Wildman–Crippen LogP) is 3.67. The third-order valence-electron chi connectivity index (χ3n) is 5.52. The van der Waals surface area contributed by atoms with E-state index in [0.29, 0.717) is 12.5 Å². The number of benzene rings is 1. The average Bonchev–Trinajstić information content (AvgIpc) is 2.97. The van der Waals surface area contributed by atoms with Gasteiger partial charge in [-0.3, -0.25) is 9.48 Å². The Kier molecular flexibility index (Phi) is 4.60. The fraction of sp³-hybridized carbons (Fsp3) is 0.364. The summed E-state index contributed by atoms with van der Waals surface area (Å²) in [5, 5.41) is 8.14. The Morgan fingerprint density at radius 1 is 1.33 bits per heavy atom. The number of nitrogens with one attached hydrogen (secondary N) is 1. The highest BCUT2D eigenvalue weighted by Crippen LogP contribution is 2.30. The summed E-state index contributed by atoms with van der Waals surface area (Å²) in [6.07, 6.45) is 8.46. The molecule has 1 aliphatic heterocycles. The van der Waals surface area contributed by atoms with E-state index in [1.54, 1.807) is 6.92 Å². The van der Waals surface area contributed by atoms with E-state index in [1.807, 2.05) is 16.6 Å². The predicted molar refractivity (Wildman–Crippen MR) is 107 cm³/mol. The number of hydrogen-bond acceptors (Lipinski definition) is 3. The molecule has 1 aliphatic carbocycles. The Morgan fingerprint density at radius 3 is 2.89 bits per heavy atom. The number of rotatable bonds is 3. The van der Waals surface area contributed by atoms with Crippen LogP contribution < -0.4 is 5.32 Å². The van der Waals surface area contributed by atoms with Gasteiger partial charge >= 0.3 is 0 Å². The Hall–Kier alpha value is -2.82. The van der Waals surface area contributed by atoms with E-state index < -0.39 is 0 Å². The maximum absolute atomic E-state index is 11.8. The highest BCUT2D eigenvalue weighted by molar-refractivity contribution is 5.74. The Labute approximate surface area is 160 Å². The molecule has 1 aromatic heterocycles. The minimum atomic E-state index is 0.119. The molecule has 4 rings (SSSR count). The van der Waals surface area contributed by atoms with Crippen LogP contribution in [-0.4, -0.2) is 27.1 Å². The van der Waals surface area contributed by atoms with Crippen molar-refractivity contribution in [2.24, 2.45) is 7.05 Å². The van der Waals surface area contributed by atoms with Gasteiger partial charge in [-0.05, 0) is 25.0 Å². The van der Waals surface area contributed by atoms with Crippen LogP contribution in [0.1, 0.15) is 41.6 Å². The Balaban J connectivity index is 1.50. The van der Waals surface area contributed by atoms with Crippen molar-refractivity contribution in [1.82, 2.24) is 14.7 Å². The maximum atomic E-state index is 11.8. The summed E-state index contributed by atoms with van der Waals surface area (Å²) < 4.78 is 1.94. The zero-order chi connectivity index (χ0) is 19.0. The van der Waals surface area contributed by atoms with Crippen LogP contribution in [0, 0.1) is 6.92 Å². The lowest BCUT2D eigenvalue weighted by molar-refractivity contribution is -0.129. The van der Waals surface area contributed by atoms with E-state index in [4.69, 9.17) is 0 Å². The summed E-state index contributed by atoms with van der Waals surface area (Å²) in [6, 6.07) is 8.71. The van der Waals surface area contributed by atoms with Crippen molar-refractivity contribution in [3.05, 3.63) is 70.6 Å². The van der Waals surface area contributed by atoms with Crippen LogP contribution in [0.25, 0.3) is 0 Å². The molecule has 1 aromatic carbocycles. The number of amides is 1. The molecule has 140 valence electrons. The van der Waals surface area contributed by atoms with Crippen molar-refractivity contribution in [3.63, 3.8) is 0 Å². The van der Waals surface area contributed by atoms with Crippen molar-refractivity contribution in [2.75, 3.05) is 11.9 Å². The molecule has 2 heterocycles. The number of fused-ring (bicyclic) bond motifs is 1. The van der Waals surface area contributed by atoms with Crippen LogP contribution in [0.2, 0.25) is 0 Å². The number of aryl methyl sites for hydroxylation is 2. The lowest BCUT2D eigenvalue weighted by Gasteiger charge is -2.26. The van der Waals surface area contributed by atoms with E-state index >= 15 is 0 Å². The highest BCUT2D eigenvalue weighted by atomic mass is 16.2. The second kappa shape index (κ2) is 7.06. The highest BCUT2D eigenvalue weighted by Gasteiger charge is 2.25. The maximum Gasteiger partial charge on any atom is 0.219 e. The van der Waals surface area contributed by atoms with Gasteiger partial charge in [0.2, 0.25) is 5.91 Å². The lowest BCUT2D eigenvalue weighted by atomic mass is 9.91. The summed E-state index contributed by atoms with van der Waals surface area (Å²) in [6.45, 7) is 5.16. The fourth-order valence-electron chi connectivity index (χ4n) is 3.96. The van der Waals surface area contributed by atoms with E-state index in [-0.39, 0.29) is 5.91 Å². The van der Waals surface area contributed by atoms with Crippen LogP contribution in [0.3, 0.4) is 0 Å². The molecule has 1 unspecified atom stereocenters. The number of aromatic nitrogens is 2. The van der Waals surface area contributed by atoms with Gasteiger partial charge in [0.25, 0.3) is 0 Å². The van der Waals surface area contributed by atoms with Crippen molar-refractivity contribution in [3.8, 4) is 0 Å². The second-order valence-electron chi connectivity index (χ2n) is 7.49. The first kappa shape index (κ1) is 17.6. The molecule has 0 saturated heterocycles. The minimum Gasteiger partial charge on any atom is -0.339 e. The third-order valence-corrected chi connectivity index (χ3v) is 5.52. The minimum absolute atomic E-state index is 0.119. The van der Waals surface area contributed by atoms with Crippen molar-refractivity contribution >= 4 is 11.7 Å². The molecule has 0 bridgehead atoms. The molecule has 0 saturated carbocycles. The number of anilines is 1. The number of hydrogen-bond donors (Lipinski definition) is 1. The van der Waals surface area contributed by atoms with E-state index in [9.17, 15) is 4.79 Å². The van der Waals surface area contributed by atoms with Gasteiger partial charge in [0, 0.05) is 49.8 Å². The standard InChI is InChI=1S/C22H26N4O/c1-15-5-4-6-18(13-15)17-7-9-19(10-8-17)23-22-20-14-26(16(2)27)12-11-21(20)25(3)24-22/h4-7,9-10,13,17H,8,11-12,14H2,1-3H3,(H,23,24). The van der Waals surface area contributed by atoms with Crippen molar-refractivity contribution in [1.29, 1.82) is 0 Å². The van der Waals surface area contributed by atoms with E-state index in [0.717, 1.165) is 36.5 Å². The quantitative estimate of drug-likeness (QED) is 0.906. The molecule has 0 spiro atoms. The van der Waals surface area contributed by atoms with Gasteiger partial charge in [-0.2, -0.15) is 5.10 Å². The third kappa shape index (κ3) is 3.54. The number of allylic oxidation sites excluding steroid dienone is 3. The summed E-state index contributed by atoms with van der Waals surface area (Å²) in [5.41, 5.74) is 6.07. The first-order valence-corrected chi connectivity index (χ1v) is 9.53. The molecule has 5 nitrogen and oxygen atoms in total. The van der Waals surface area contributed by atoms with Crippen LogP contribution in [-0.2, 0) is 24.8 Å². The van der Waals surface area contributed by atoms with Gasteiger partial charge in [-0.1, -0.05) is 42.0 Å². The first-order chi connectivity index (χ1) is 13.0. The molecule has 0 radical (unpaired) electrons. The smallest absolute Gasteiger partial charge is 0.219 e. The van der Waals surface area contributed by atoms with Gasteiger partial charge in [-0.15, -0.1) is 0 Å². The molecule has 5 heteroatoms. The molecular formula is C22H26N4O. The molecule has 2 aliphatic rings. The van der Waals surface area contributed by atoms with Crippen LogP contribution in [0.5, 0.6) is 0 Å². The van der Waals surface area contributed by atoms with Gasteiger partial charge in [0.15, 0.2) is 5.82 Å². The number of carbonyl (C=O) groups excluding carboxylic acids is 1. The van der Waals surface area contributed by atoms with Crippen molar-refractivity contribution in [2.45, 2.75) is 39.2 Å². The Bertz CT molecular complexity index is 938. The molecule has 1 N–H and O–H groups in total. The lowest BCUT2D eigenvalue weighted by Crippen LogP contribution is -2.34. The zero-order valence-electron chi connectivity index (χ0n) is 16.2. The number of nitrogens with zero attached hydrogens (tertiary/aromatic N) is 3. The summed E-state index contributed by atoms with van der Waals surface area (Å²) >= 11 is 0. The van der Waals surface area contributed by atoms with Crippen LogP contribution in [0.15, 0.2) is 48.2 Å². The normalized spacial score (nSPS) is 18.9. The molecule has 2 aromatic rings. The van der Waals surface area contributed by atoms with Gasteiger partial charge in [0.05, 0.1) is 6.54 Å². The average molecular weight is 362 g/mol. The molecule has 1 atom stereocenters. The molecule has 0 fully saturated rings. The fourth-order valence-corrected chi connectivity index (χ4v) is 3.96. The first-order valence-electron chi connectivity index (χ1n) is 9.53. The monoisotopic (exact) mass is 362 g/mol. The number of carbonyl (C=O) groups is 1. The summed E-state index contributed by atoms with van der Waals surface area (Å²) in [4.78, 5) is 13.7. The zero-order valence-corrected chi connectivity index (χ0v) is 16.2. The van der Waals surface area contributed by atoms with Gasteiger partial charge in [0.1, 0.15) is 0 Å². The van der Waals surface area contributed by atoms with Gasteiger partial charge < -0.3 is 10.2 Å². The SMILES string of the molecule is CC(=O)N1CCc2c(c(NC3=CCC(c4cccc(C)c4)C=C3)nn2C)C1.